The van der Waals surface area contributed by atoms with Crippen molar-refractivity contribution in [3.8, 4) is 0 Å². The Balaban J connectivity index is 1.71. The highest BCUT2D eigenvalue weighted by molar-refractivity contribution is 5.89. The number of ether oxygens (including phenoxy) is 1. The lowest BCUT2D eigenvalue weighted by molar-refractivity contribution is -0.166. The number of esters is 1. The number of nitrogens with zero attached hydrogens (tertiary/aromatic N) is 2. The zero-order valence-electron chi connectivity index (χ0n) is 12.0. The number of carbonyl (C=O) groups is 1. The third kappa shape index (κ3) is 2.86. The van der Waals surface area contributed by atoms with Gasteiger partial charge in [-0.25, -0.2) is 9.18 Å². The molecule has 0 amide bonds. The van der Waals surface area contributed by atoms with E-state index in [9.17, 15) is 22.4 Å². The van der Waals surface area contributed by atoms with E-state index in [-0.39, 0.29) is 5.56 Å². The predicted octanol–water partition coefficient (Wildman–Crippen LogP) is 4.36. The van der Waals surface area contributed by atoms with Crippen LogP contribution < -0.4 is 0 Å². The van der Waals surface area contributed by atoms with Gasteiger partial charge in [0.15, 0.2) is 0 Å². The number of halogens is 4. The van der Waals surface area contributed by atoms with E-state index in [1.165, 1.54) is 12.1 Å². The monoisotopic (exact) mass is 338 g/mol. The third-order valence-electron chi connectivity index (χ3n) is 3.52. The minimum Gasteiger partial charge on any atom is -0.457 e. The SMILES string of the molecule is O=C(OCc1ccc(C2(C(F)(F)F)N=N2)cc1F)c1ccccc1. The van der Waals surface area contributed by atoms with E-state index >= 15 is 0 Å². The van der Waals surface area contributed by atoms with Gasteiger partial charge in [-0.05, 0) is 18.2 Å². The van der Waals surface area contributed by atoms with Gasteiger partial charge in [0, 0.05) is 11.1 Å². The number of hydrogen-bond acceptors (Lipinski definition) is 4. The van der Waals surface area contributed by atoms with E-state index in [4.69, 9.17) is 4.74 Å². The van der Waals surface area contributed by atoms with Crippen LogP contribution in [0, 0.1) is 5.82 Å². The Morgan fingerprint density at radius 1 is 1.08 bits per heavy atom. The van der Waals surface area contributed by atoms with Crippen molar-refractivity contribution in [1.29, 1.82) is 0 Å². The van der Waals surface area contributed by atoms with Gasteiger partial charge in [0.05, 0.1) is 5.56 Å². The molecule has 3 rings (SSSR count). The number of hydrogen-bond donors (Lipinski definition) is 0. The molecule has 1 aliphatic rings. The first-order valence-corrected chi connectivity index (χ1v) is 6.85. The fourth-order valence-electron chi connectivity index (χ4n) is 2.12. The van der Waals surface area contributed by atoms with Crippen LogP contribution in [0.2, 0.25) is 0 Å². The summed E-state index contributed by atoms with van der Waals surface area (Å²) in [6.07, 6.45) is -4.72. The van der Waals surface area contributed by atoms with E-state index in [1.807, 2.05) is 0 Å². The second kappa shape index (κ2) is 5.70. The standard InChI is InChI=1S/C16H10F4N2O2/c17-13-8-12(15(21-22-15)16(18,19)20)7-6-11(13)9-24-14(23)10-4-2-1-3-5-10/h1-8H,9H2. The first kappa shape index (κ1) is 16.1. The molecule has 0 saturated carbocycles. The number of alkyl halides is 3. The summed E-state index contributed by atoms with van der Waals surface area (Å²) < 4.78 is 57.6. The van der Waals surface area contributed by atoms with Gasteiger partial charge in [-0.15, -0.1) is 10.2 Å². The molecular weight excluding hydrogens is 328 g/mol. The van der Waals surface area contributed by atoms with Crippen molar-refractivity contribution in [2.45, 2.75) is 18.4 Å². The summed E-state index contributed by atoms with van der Waals surface area (Å²) in [7, 11) is 0. The molecule has 0 radical (unpaired) electrons. The summed E-state index contributed by atoms with van der Waals surface area (Å²) in [4.78, 5) is 11.8. The highest BCUT2D eigenvalue weighted by Gasteiger charge is 2.65. The summed E-state index contributed by atoms with van der Waals surface area (Å²) >= 11 is 0. The average molecular weight is 338 g/mol. The van der Waals surface area contributed by atoms with Gasteiger partial charge >= 0.3 is 17.8 Å². The maximum Gasteiger partial charge on any atom is 0.442 e. The lowest BCUT2D eigenvalue weighted by Crippen LogP contribution is -2.30. The van der Waals surface area contributed by atoms with Crippen molar-refractivity contribution in [3.05, 3.63) is 71.0 Å². The maximum atomic E-state index is 14.0. The third-order valence-corrected chi connectivity index (χ3v) is 3.52. The molecule has 0 aliphatic carbocycles. The first-order chi connectivity index (χ1) is 11.3. The molecule has 0 unspecified atom stereocenters. The molecule has 0 saturated heterocycles. The van der Waals surface area contributed by atoms with Gasteiger partial charge in [-0.2, -0.15) is 13.2 Å². The van der Waals surface area contributed by atoms with Crippen molar-refractivity contribution in [2.24, 2.45) is 10.2 Å². The van der Waals surface area contributed by atoms with Gasteiger partial charge in [-0.3, -0.25) is 0 Å². The van der Waals surface area contributed by atoms with Gasteiger partial charge < -0.3 is 4.74 Å². The minimum absolute atomic E-state index is 0.0407. The Hall–Kier alpha value is -2.77. The van der Waals surface area contributed by atoms with Crippen molar-refractivity contribution < 1.29 is 27.1 Å². The molecule has 24 heavy (non-hydrogen) atoms. The topological polar surface area (TPSA) is 51.0 Å². The van der Waals surface area contributed by atoms with Crippen LogP contribution in [0.3, 0.4) is 0 Å². The van der Waals surface area contributed by atoms with E-state index in [2.05, 4.69) is 10.2 Å². The molecule has 0 atom stereocenters. The molecule has 2 aromatic rings. The predicted molar refractivity (Wildman–Crippen MR) is 74.6 cm³/mol. The average Bonchev–Trinajstić information content (AvgIpc) is 3.36. The molecule has 1 heterocycles. The second-order valence-electron chi connectivity index (χ2n) is 5.12. The Labute approximate surface area is 133 Å². The Morgan fingerprint density at radius 3 is 2.29 bits per heavy atom. The van der Waals surface area contributed by atoms with Crippen molar-refractivity contribution in [1.82, 2.24) is 0 Å². The van der Waals surface area contributed by atoms with Crippen LogP contribution in [0.4, 0.5) is 17.6 Å². The van der Waals surface area contributed by atoms with E-state index in [0.717, 1.165) is 12.1 Å². The van der Waals surface area contributed by atoms with Crippen molar-refractivity contribution in [2.75, 3.05) is 0 Å². The summed E-state index contributed by atoms with van der Waals surface area (Å²) in [6, 6.07) is 11.0. The molecule has 124 valence electrons. The molecule has 0 fully saturated rings. The molecule has 0 N–H and O–H groups in total. The lowest BCUT2D eigenvalue weighted by Gasteiger charge is -2.15. The molecule has 0 bridgehead atoms. The zero-order chi connectivity index (χ0) is 17.4. The van der Waals surface area contributed by atoms with E-state index in [0.29, 0.717) is 11.6 Å². The van der Waals surface area contributed by atoms with Gasteiger partial charge in [0.1, 0.15) is 12.4 Å². The summed E-state index contributed by atoms with van der Waals surface area (Å²) in [5.41, 5.74) is -2.83. The fraction of sp³-hybridized carbons (Fsp3) is 0.188. The summed E-state index contributed by atoms with van der Waals surface area (Å²) in [5, 5.41) is 6.02. The summed E-state index contributed by atoms with van der Waals surface area (Å²) in [6.45, 7) is -0.396. The minimum atomic E-state index is -4.72. The Kier molecular flexibility index (Phi) is 3.82. The van der Waals surface area contributed by atoms with Crippen LogP contribution in [0.25, 0.3) is 0 Å². The molecule has 8 heteroatoms. The van der Waals surface area contributed by atoms with Crippen LogP contribution >= 0.6 is 0 Å². The smallest absolute Gasteiger partial charge is 0.442 e. The highest BCUT2D eigenvalue weighted by atomic mass is 19.4. The van der Waals surface area contributed by atoms with Crippen LogP contribution in [0.5, 0.6) is 0 Å². The number of carbonyl (C=O) groups excluding carboxylic acids is 1. The van der Waals surface area contributed by atoms with Crippen LogP contribution in [-0.2, 0) is 17.0 Å². The largest absolute Gasteiger partial charge is 0.457 e. The van der Waals surface area contributed by atoms with Crippen LogP contribution in [0.1, 0.15) is 21.5 Å². The van der Waals surface area contributed by atoms with Gasteiger partial charge in [-0.1, -0.05) is 30.3 Å². The molecular formula is C16H10F4N2O2. The molecule has 2 aromatic carbocycles. The highest BCUT2D eigenvalue weighted by Crippen LogP contribution is 2.52. The Morgan fingerprint density at radius 2 is 1.75 bits per heavy atom. The first-order valence-electron chi connectivity index (χ1n) is 6.85. The lowest BCUT2D eigenvalue weighted by atomic mass is 10.0. The van der Waals surface area contributed by atoms with Crippen LogP contribution in [0.15, 0.2) is 58.8 Å². The maximum absolute atomic E-state index is 14.0. The van der Waals surface area contributed by atoms with Crippen molar-refractivity contribution in [3.63, 3.8) is 0 Å². The Bertz CT molecular complexity index is 797. The molecule has 0 aromatic heterocycles. The zero-order valence-corrected chi connectivity index (χ0v) is 12.0. The normalized spacial score (nSPS) is 15.2. The fourth-order valence-corrected chi connectivity index (χ4v) is 2.12. The van der Waals surface area contributed by atoms with Crippen molar-refractivity contribution >= 4 is 5.97 Å². The molecule has 0 spiro atoms. The molecule has 1 aliphatic heterocycles. The molecule has 4 nitrogen and oxygen atoms in total. The van der Waals surface area contributed by atoms with E-state index < -0.39 is 35.8 Å². The van der Waals surface area contributed by atoms with E-state index in [1.54, 1.807) is 18.2 Å². The van der Waals surface area contributed by atoms with Gasteiger partial charge in [0.25, 0.3) is 0 Å². The quantitative estimate of drug-likeness (QED) is 0.614. The second-order valence-corrected chi connectivity index (χ2v) is 5.12. The number of rotatable bonds is 4. The number of benzene rings is 2. The van der Waals surface area contributed by atoms with Crippen LogP contribution in [-0.4, -0.2) is 12.1 Å². The summed E-state index contributed by atoms with van der Waals surface area (Å²) in [5.74, 6) is -1.58. The van der Waals surface area contributed by atoms with Gasteiger partial charge in [0.2, 0.25) is 0 Å².